The van der Waals surface area contributed by atoms with Crippen LogP contribution in [0, 0.1) is 5.82 Å². The average molecular weight is 301 g/mol. The van der Waals surface area contributed by atoms with E-state index in [0.717, 1.165) is 18.2 Å². The molecule has 0 fully saturated rings. The van der Waals surface area contributed by atoms with Crippen molar-refractivity contribution in [3.8, 4) is 17.0 Å². The van der Waals surface area contributed by atoms with E-state index >= 15 is 0 Å². The molecular weight excluding hydrogens is 294 g/mol. The minimum atomic E-state index is -4.92. The first kappa shape index (κ1) is 14.8. The van der Waals surface area contributed by atoms with Crippen LogP contribution in [-0.2, 0) is 0 Å². The molecule has 0 atom stereocenters. The number of hydrogen-bond donors (Lipinski definition) is 1. The van der Waals surface area contributed by atoms with E-state index in [1.165, 1.54) is 12.3 Å². The van der Waals surface area contributed by atoms with Crippen LogP contribution < -0.4 is 4.74 Å². The van der Waals surface area contributed by atoms with Gasteiger partial charge in [-0.05, 0) is 24.3 Å². The molecule has 0 saturated carbocycles. The molecule has 0 spiro atoms. The molecule has 0 aliphatic carbocycles. The summed E-state index contributed by atoms with van der Waals surface area (Å²) in [4.78, 5) is 14.6. The molecule has 0 bridgehead atoms. The fourth-order valence-electron chi connectivity index (χ4n) is 1.61. The zero-order valence-corrected chi connectivity index (χ0v) is 10.2. The fraction of sp³-hybridized carbons (Fsp3) is 0.0769. The SMILES string of the molecule is O=C(O)c1ccnc(-c2ccc(OC(F)(F)F)cc2F)c1. The van der Waals surface area contributed by atoms with Crippen LogP contribution in [0.15, 0.2) is 36.5 Å². The Kier molecular flexibility index (Phi) is 3.79. The third kappa shape index (κ3) is 3.68. The summed E-state index contributed by atoms with van der Waals surface area (Å²) in [7, 11) is 0. The summed E-state index contributed by atoms with van der Waals surface area (Å²) in [5.41, 5.74) is -0.256. The highest BCUT2D eigenvalue weighted by Gasteiger charge is 2.31. The smallest absolute Gasteiger partial charge is 0.478 e. The van der Waals surface area contributed by atoms with Crippen LogP contribution >= 0.6 is 0 Å². The van der Waals surface area contributed by atoms with Gasteiger partial charge in [-0.25, -0.2) is 9.18 Å². The summed E-state index contributed by atoms with van der Waals surface area (Å²) in [5, 5.41) is 8.83. The maximum atomic E-state index is 13.8. The van der Waals surface area contributed by atoms with Gasteiger partial charge in [-0.1, -0.05) is 0 Å². The lowest BCUT2D eigenvalue weighted by atomic mass is 10.1. The van der Waals surface area contributed by atoms with Crippen molar-refractivity contribution >= 4 is 5.97 Å². The molecule has 1 aromatic heterocycles. The van der Waals surface area contributed by atoms with Crippen LogP contribution in [0.4, 0.5) is 17.6 Å². The zero-order chi connectivity index (χ0) is 15.6. The molecule has 0 aliphatic heterocycles. The number of benzene rings is 1. The topological polar surface area (TPSA) is 59.4 Å². The van der Waals surface area contributed by atoms with Gasteiger partial charge in [0.15, 0.2) is 0 Å². The van der Waals surface area contributed by atoms with E-state index in [1.54, 1.807) is 0 Å². The van der Waals surface area contributed by atoms with E-state index < -0.39 is 23.9 Å². The van der Waals surface area contributed by atoms with Crippen molar-refractivity contribution in [2.45, 2.75) is 6.36 Å². The number of alkyl halides is 3. The number of carboxylic acid groups (broad SMARTS) is 1. The zero-order valence-electron chi connectivity index (χ0n) is 10.2. The first-order chi connectivity index (χ1) is 9.76. The summed E-state index contributed by atoms with van der Waals surface area (Å²) < 4.78 is 53.4. The molecular formula is C13H7F4NO3. The molecule has 0 aliphatic rings. The highest BCUT2D eigenvalue weighted by Crippen LogP contribution is 2.28. The van der Waals surface area contributed by atoms with Crippen molar-refractivity contribution in [1.82, 2.24) is 4.98 Å². The van der Waals surface area contributed by atoms with Crippen molar-refractivity contribution in [2.75, 3.05) is 0 Å². The molecule has 21 heavy (non-hydrogen) atoms. The van der Waals surface area contributed by atoms with Gasteiger partial charge in [-0.2, -0.15) is 0 Å². The van der Waals surface area contributed by atoms with Gasteiger partial charge >= 0.3 is 12.3 Å². The van der Waals surface area contributed by atoms with Gasteiger partial charge < -0.3 is 9.84 Å². The molecule has 0 saturated heterocycles. The van der Waals surface area contributed by atoms with Gasteiger partial charge in [0.2, 0.25) is 0 Å². The van der Waals surface area contributed by atoms with Gasteiger partial charge in [0.05, 0.1) is 11.3 Å². The quantitative estimate of drug-likeness (QED) is 0.882. The van der Waals surface area contributed by atoms with Crippen LogP contribution in [0.3, 0.4) is 0 Å². The van der Waals surface area contributed by atoms with Crippen LogP contribution in [0.2, 0.25) is 0 Å². The number of carboxylic acids is 1. The monoisotopic (exact) mass is 301 g/mol. The van der Waals surface area contributed by atoms with Crippen LogP contribution in [0.5, 0.6) is 5.75 Å². The summed E-state index contributed by atoms with van der Waals surface area (Å²) in [6.07, 6.45) is -3.76. The summed E-state index contributed by atoms with van der Waals surface area (Å²) >= 11 is 0. The van der Waals surface area contributed by atoms with E-state index in [1.807, 2.05) is 0 Å². The van der Waals surface area contributed by atoms with Crippen molar-refractivity contribution in [1.29, 1.82) is 0 Å². The molecule has 0 unspecified atom stereocenters. The number of rotatable bonds is 3. The second-order valence-corrected chi connectivity index (χ2v) is 3.92. The Bertz CT molecular complexity index is 685. The molecule has 8 heteroatoms. The van der Waals surface area contributed by atoms with Gasteiger partial charge in [-0.15, -0.1) is 13.2 Å². The van der Waals surface area contributed by atoms with Crippen LogP contribution in [0.25, 0.3) is 11.3 Å². The number of aromatic carboxylic acids is 1. The molecule has 1 N–H and O–H groups in total. The van der Waals surface area contributed by atoms with Crippen molar-refractivity contribution in [2.24, 2.45) is 0 Å². The van der Waals surface area contributed by atoms with E-state index in [2.05, 4.69) is 9.72 Å². The molecule has 110 valence electrons. The highest BCUT2D eigenvalue weighted by atomic mass is 19.4. The first-order valence-electron chi connectivity index (χ1n) is 5.51. The van der Waals surface area contributed by atoms with Crippen LogP contribution in [0.1, 0.15) is 10.4 Å². The second-order valence-electron chi connectivity index (χ2n) is 3.92. The molecule has 4 nitrogen and oxygen atoms in total. The Morgan fingerprint density at radius 1 is 1.19 bits per heavy atom. The average Bonchev–Trinajstić information content (AvgIpc) is 2.37. The third-order valence-electron chi connectivity index (χ3n) is 2.46. The fourth-order valence-corrected chi connectivity index (χ4v) is 1.61. The Labute approximate surface area is 115 Å². The lowest BCUT2D eigenvalue weighted by Crippen LogP contribution is -2.17. The minimum Gasteiger partial charge on any atom is -0.478 e. The largest absolute Gasteiger partial charge is 0.573 e. The van der Waals surface area contributed by atoms with E-state index in [0.29, 0.717) is 6.07 Å². The van der Waals surface area contributed by atoms with E-state index in [-0.39, 0.29) is 16.8 Å². The van der Waals surface area contributed by atoms with Crippen molar-refractivity contribution in [3.63, 3.8) is 0 Å². The molecule has 2 rings (SSSR count). The number of aromatic nitrogens is 1. The maximum absolute atomic E-state index is 13.8. The molecule has 2 aromatic rings. The Morgan fingerprint density at radius 3 is 2.48 bits per heavy atom. The predicted octanol–water partition coefficient (Wildman–Crippen LogP) is 3.48. The number of halogens is 4. The van der Waals surface area contributed by atoms with E-state index in [9.17, 15) is 22.4 Å². The van der Waals surface area contributed by atoms with Crippen molar-refractivity contribution < 1.29 is 32.2 Å². The summed E-state index contributed by atoms with van der Waals surface area (Å²) in [5.74, 6) is -2.94. The maximum Gasteiger partial charge on any atom is 0.573 e. The Balaban J connectivity index is 2.37. The Morgan fingerprint density at radius 2 is 1.90 bits per heavy atom. The van der Waals surface area contributed by atoms with E-state index in [4.69, 9.17) is 5.11 Å². The highest BCUT2D eigenvalue weighted by molar-refractivity contribution is 5.88. The number of ether oxygens (including phenoxy) is 1. The summed E-state index contributed by atoms with van der Waals surface area (Å²) in [6, 6.07) is 4.83. The lowest BCUT2D eigenvalue weighted by molar-refractivity contribution is -0.274. The molecule has 0 amide bonds. The Hall–Kier alpha value is -2.64. The number of pyridine rings is 1. The van der Waals surface area contributed by atoms with Crippen molar-refractivity contribution in [3.05, 3.63) is 47.9 Å². The molecule has 1 heterocycles. The second kappa shape index (κ2) is 5.39. The number of hydrogen-bond acceptors (Lipinski definition) is 3. The molecule has 1 aromatic carbocycles. The normalized spacial score (nSPS) is 11.2. The van der Waals surface area contributed by atoms with Gasteiger partial charge in [0.25, 0.3) is 0 Å². The standard InChI is InChI=1S/C13H7F4NO3/c14-10-6-8(21-13(15,16)17)1-2-9(10)11-5-7(12(19)20)3-4-18-11/h1-6H,(H,19,20). The number of carbonyl (C=O) groups is 1. The lowest BCUT2D eigenvalue weighted by Gasteiger charge is -2.10. The third-order valence-corrected chi connectivity index (χ3v) is 2.46. The first-order valence-corrected chi connectivity index (χ1v) is 5.51. The predicted molar refractivity (Wildman–Crippen MR) is 63.3 cm³/mol. The van der Waals surface area contributed by atoms with Crippen LogP contribution in [-0.4, -0.2) is 22.4 Å². The number of nitrogens with zero attached hydrogens (tertiary/aromatic N) is 1. The minimum absolute atomic E-state index is 0.00837. The summed E-state index contributed by atoms with van der Waals surface area (Å²) in [6.45, 7) is 0. The molecule has 0 radical (unpaired) electrons. The van der Waals surface area contributed by atoms with Gasteiger partial charge in [0, 0.05) is 17.8 Å². The van der Waals surface area contributed by atoms with Gasteiger partial charge in [-0.3, -0.25) is 4.98 Å². The van der Waals surface area contributed by atoms with Gasteiger partial charge in [0.1, 0.15) is 11.6 Å².